The van der Waals surface area contributed by atoms with Gasteiger partial charge in [-0.1, -0.05) is 24.3 Å². The Labute approximate surface area is 155 Å². The molecule has 26 heavy (non-hydrogen) atoms. The van der Waals surface area contributed by atoms with Crippen molar-refractivity contribution < 1.29 is 9.84 Å². The second kappa shape index (κ2) is 7.74. The number of aliphatic hydroxyl groups excluding tert-OH is 1. The van der Waals surface area contributed by atoms with Crippen LogP contribution in [0.1, 0.15) is 24.6 Å². The zero-order valence-corrected chi connectivity index (χ0v) is 15.3. The normalized spacial score (nSPS) is 26.6. The molecule has 4 rings (SSSR count). The van der Waals surface area contributed by atoms with E-state index in [0.29, 0.717) is 18.7 Å². The molecule has 3 heterocycles. The predicted octanol–water partition coefficient (Wildman–Crippen LogP) is 2.30. The van der Waals surface area contributed by atoms with E-state index in [1.165, 1.54) is 5.56 Å². The number of rotatable bonds is 5. The maximum atomic E-state index is 9.96. The molecule has 2 fully saturated rings. The highest BCUT2D eigenvalue weighted by molar-refractivity contribution is 5.33. The molecule has 0 unspecified atom stereocenters. The van der Waals surface area contributed by atoms with E-state index in [9.17, 15) is 5.11 Å². The molecule has 3 atom stereocenters. The molecule has 0 amide bonds. The third-order valence-corrected chi connectivity index (χ3v) is 5.52. The minimum Gasteiger partial charge on any atom is -0.487 e. The summed E-state index contributed by atoms with van der Waals surface area (Å²) in [6.07, 6.45) is 2.52. The zero-order valence-electron chi connectivity index (χ0n) is 15.3. The average Bonchev–Trinajstić information content (AvgIpc) is 3.01. The lowest BCUT2D eigenvalue weighted by atomic mass is 10.1. The van der Waals surface area contributed by atoms with Gasteiger partial charge in [0, 0.05) is 50.0 Å². The molecular formula is C21H27N3O2. The van der Waals surface area contributed by atoms with Gasteiger partial charge >= 0.3 is 0 Å². The summed E-state index contributed by atoms with van der Waals surface area (Å²) < 4.78 is 6.06. The number of aromatic nitrogens is 1. The van der Waals surface area contributed by atoms with E-state index < -0.39 is 0 Å². The molecule has 5 nitrogen and oxygen atoms in total. The lowest BCUT2D eigenvalue weighted by Gasteiger charge is -2.42. The molecule has 0 saturated carbocycles. The molecule has 2 aliphatic heterocycles. The second-order valence-electron chi connectivity index (χ2n) is 7.49. The van der Waals surface area contributed by atoms with Gasteiger partial charge < -0.3 is 9.84 Å². The van der Waals surface area contributed by atoms with Crippen LogP contribution in [0.2, 0.25) is 0 Å². The molecule has 2 aromatic rings. The fourth-order valence-electron chi connectivity index (χ4n) is 4.13. The molecule has 1 aromatic carbocycles. The monoisotopic (exact) mass is 353 g/mol. The number of para-hydroxylation sites is 1. The Balaban J connectivity index is 1.43. The summed E-state index contributed by atoms with van der Waals surface area (Å²) in [5.41, 5.74) is 2.14. The third kappa shape index (κ3) is 3.90. The Morgan fingerprint density at radius 1 is 1.12 bits per heavy atom. The first-order valence-corrected chi connectivity index (χ1v) is 9.46. The summed E-state index contributed by atoms with van der Waals surface area (Å²) >= 11 is 0. The van der Waals surface area contributed by atoms with Gasteiger partial charge in [0.15, 0.2) is 0 Å². The second-order valence-corrected chi connectivity index (χ2v) is 7.49. The quantitative estimate of drug-likeness (QED) is 0.894. The van der Waals surface area contributed by atoms with Crippen molar-refractivity contribution in [3.63, 3.8) is 0 Å². The summed E-state index contributed by atoms with van der Waals surface area (Å²) in [4.78, 5) is 9.29. The Kier molecular flexibility index (Phi) is 5.20. The first-order valence-electron chi connectivity index (χ1n) is 9.46. The number of fused-ring (bicyclic) bond motifs is 1. The number of hydrogen-bond acceptors (Lipinski definition) is 5. The summed E-state index contributed by atoms with van der Waals surface area (Å²) in [5, 5.41) is 9.96. The van der Waals surface area contributed by atoms with Crippen LogP contribution in [0.15, 0.2) is 48.7 Å². The molecule has 0 spiro atoms. The number of pyridine rings is 1. The SMILES string of the molecule is C[C@H]1CN2C[C@H](O)C[C@H]2CN1Cc1ccccc1OCc1ccccn1. The average molecular weight is 353 g/mol. The molecule has 5 heteroatoms. The van der Waals surface area contributed by atoms with Crippen LogP contribution >= 0.6 is 0 Å². The highest BCUT2D eigenvalue weighted by atomic mass is 16.5. The van der Waals surface area contributed by atoms with E-state index in [-0.39, 0.29) is 6.10 Å². The van der Waals surface area contributed by atoms with Gasteiger partial charge in [0.1, 0.15) is 12.4 Å². The number of benzene rings is 1. The number of ether oxygens (including phenoxy) is 1. The molecule has 2 aliphatic rings. The van der Waals surface area contributed by atoms with Gasteiger partial charge in [-0.2, -0.15) is 0 Å². The van der Waals surface area contributed by atoms with E-state index >= 15 is 0 Å². The van der Waals surface area contributed by atoms with Gasteiger partial charge in [0.25, 0.3) is 0 Å². The molecule has 138 valence electrons. The number of nitrogens with zero attached hydrogens (tertiary/aromatic N) is 3. The first-order chi connectivity index (χ1) is 12.7. The van der Waals surface area contributed by atoms with Crippen molar-refractivity contribution in [2.45, 2.75) is 44.7 Å². The van der Waals surface area contributed by atoms with Crippen LogP contribution in [-0.2, 0) is 13.2 Å². The Morgan fingerprint density at radius 3 is 2.81 bits per heavy atom. The molecule has 1 N–H and O–H groups in total. The van der Waals surface area contributed by atoms with Crippen LogP contribution in [0.3, 0.4) is 0 Å². The van der Waals surface area contributed by atoms with E-state index in [4.69, 9.17) is 4.74 Å². The van der Waals surface area contributed by atoms with Crippen molar-refractivity contribution in [3.05, 3.63) is 59.9 Å². The highest BCUT2D eigenvalue weighted by Gasteiger charge is 2.38. The summed E-state index contributed by atoms with van der Waals surface area (Å²) in [5.74, 6) is 0.930. The third-order valence-electron chi connectivity index (χ3n) is 5.52. The number of piperazine rings is 1. The topological polar surface area (TPSA) is 48.8 Å². The van der Waals surface area contributed by atoms with Crippen LogP contribution in [0.5, 0.6) is 5.75 Å². The predicted molar refractivity (Wildman–Crippen MR) is 101 cm³/mol. The van der Waals surface area contributed by atoms with Gasteiger partial charge in [-0.3, -0.25) is 14.8 Å². The van der Waals surface area contributed by atoms with Crippen LogP contribution < -0.4 is 4.74 Å². The Bertz CT molecular complexity index is 724. The molecule has 0 bridgehead atoms. The number of hydrogen-bond donors (Lipinski definition) is 1. The molecule has 1 aromatic heterocycles. The molecule has 0 radical (unpaired) electrons. The minimum atomic E-state index is -0.166. The van der Waals surface area contributed by atoms with Crippen LogP contribution in [0, 0.1) is 0 Å². The smallest absolute Gasteiger partial charge is 0.130 e. The fourth-order valence-corrected chi connectivity index (χ4v) is 4.13. The van der Waals surface area contributed by atoms with E-state index in [0.717, 1.165) is 44.0 Å². The van der Waals surface area contributed by atoms with Crippen molar-refractivity contribution in [1.29, 1.82) is 0 Å². The summed E-state index contributed by atoms with van der Waals surface area (Å²) in [7, 11) is 0. The van der Waals surface area contributed by atoms with Gasteiger partial charge in [-0.05, 0) is 31.5 Å². The Hall–Kier alpha value is -1.95. The number of aliphatic hydroxyl groups is 1. The van der Waals surface area contributed by atoms with Gasteiger partial charge in [0.2, 0.25) is 0 Å². The maximum Gasteiger partial charge on any atom is 0.130 e. The van der Waals surface area contributed by atoms with E-state index in [1.54, 1.807) is 6.20 Å². The van der Waals surface area contributed by atoms with Crippen LogP contribution in [-0.4, -0.2) is 57.7 Å². The standard InChI is InChI=1S/C21H27N3O2/c1-16-11-24-14-20(25)10-19(24)13-23(16)12-17-6-2-3-8-21(17)26-15-18-7-4-5-9-22-18/h2-9,16,19-20,25H,10-15H2,1H3/t16-,19-,20+/m0/s1. The van der Waals surface area contributed by atoms with Crippen molar-refractivity contribution >= 4 is 0 Å². The lowest BCUT2D eigenvalue weighted by Crippen LogP contribution is -2.54. The molecule has 0 aliphatic carbocycles. The van der Waals surface area contributed by atoms with Crippen LogP contribution in [0.25, 0.3) is 0 Å². The minimum absolute atomic E-state index is 0.166. The van der Waals surface area contributed by atoms with E-state index in [1.807, 2.05) is 30.3 Å². The molecule has 2 saturated heterocycles. The lowest BCUT2D eigenvalue weighted by molar-refractivity contribution is 0.0521. The van der Waals surface area contributed by atoms with E-state index in [2.05, 4.69) is 33.8 Å². The molecular weight excluding hydrogens is 326 g/mol. The van der Waals surface area contributed by atoms with Crippen molar-refractivity contribution in [1.82, 2.24) is 14.8 Å². The van der Waals surface area contributed by atoms with Gasteiger partial charge in [0.05, 0.1) is 11.8 Å². The summed E-state index contributed by atoms with van der Waals surface area (Å²) in [6.45, 7) is 6.49. The Morgan fingerprint density at radius 2 is 1.96 bits per heavy atom. The fraction of sp³-hybridized carbons (Fsp3) is 0.476. The first kappa shape index (κ1) is 17.5. The zero-order chi connectivity index (χ0) is 17.9. The highest BCUT2D eigenvalue weighted by Crippen LogP contribution is 2.28. The van der Waals surface area contributed by atoms with Gasteiger partial charge in [-0.15, -0.1) is 0 Å². The van der Waals surface area contributed by atoms with Crippen molar-refractivity contribution in [3.8, 4) is 5.75 Å². The largest absolute Gasteiger partial charge is 0.487 e. The van der Waals surface area contributed by atoms with Crippen molar-refractivity contribution in [2.24, 2.45) is 0 Å². The van der Waals surface area contributed by atoms with Crippen molar-refractivity contribution in [2.75, 3.05) is 19.6 Å². The summed E-state index contributed by atoms with van der Waals surface area (Å²) in [6, 6.07) is 15.1. The van der Waals surface area contributed by atoms with Crippen LogP contribution in [0.4, 0.5) is 0 Å². The maximum absolute atomic E-state index is 9.96. The van der Waals surface area contributed by atoms with Gasteiger partial charge in [-0.25, -0.2) is 0 Å².